The molecule has 0 saturated heterocycles. The molecule has 0 aliphatic rings. The number of hydrogen-bond acceptors (Lipinski definition) is 1. The molecular weight excluding hydrogens is 184 g/mol. The van der Waals surface area contributed by atoms with E-state index in [-0.39, 0.29) is 58.2 Å². The molecule has 1 heterocycles. The minimum absolute atomic E-state index is 0. The van der Waals surface area contributed by atoms with Gasteiger partial charge in [0.1, 0.15) is 0 Å². The predicted octanol–water partition coefficient (Wildman–Crippen LogP) is -1.55. The first-order valence-corrected chi connectivity index (χ1v) is 2.74. The van der Waals surface area contributed by atoms with Crippen LogP contribution in [-0.4, -0.2) is 4.98 Å². The van der Waals surface area contributed by atoms with Gasteiger partial charge in [-0.3, -0.25) is 0 Å². The Morgan fingerprint density at radius 1 is 1.67 bits per heavy atom. The van der Waals surface area contributed by atoms with Crippen LogP contribution in [0.3, 0.4) is 0 Å². The zero-order chi connectivity index (χ0) is 5.82. The Hall–Kier alpha value is 0.955. The smallest absolute Gasteiger partial charge is 0.301 e. The van der Waals surface area contributed by atoms with Gasteiger partial charge in [0.2, 0.25) is 0 Å². The molecule has 0 bridgehead atoms. The van der Waals surface area contributed by atoms with E-state index in [0.29, 0.717) is 0 Å². The first-order chi connectivity index (χ1) is 3.93. The van der Waals surface area contributed by atoms with Crippen molar-refractivity contribution < 1.29 is 58.2 Å². The summed E-state index contributed by atoms with van der Waals surface area (Å²) in [6.45, 7) is 2.09. The molecule has 9 heavy (non-hydrogen) atoms. The van der Waals surface area contributed by atoms with Gasteiger partial charge in [-0.2, -0.15) is 6.07 Å². The third-order valence-electron chi connectivity index (χ3n) is 1.04. The summed E-state index contributed by atoms with van der Waals surface area (Å²) < 4.78 is 0. The maximum absolute atomic E-state index is 4.04. The maximum atomic E-state index is 4.04. The first-order valence-electron chi connectivity index (χ1n) is 2.74. The zero-order valence-electron chi connectivity index (χ0n) is 5.89. The Bertz CT molecular complexity index is 150. The molecule has 0 radical (unpaired) electrons. The minimum atomic E-state index is 0. The normalized spacial score (nSPS) is 8.11. The minimum Gasteiger partial charge on any atom is -0.301 e. The van der Waals surface area contributed by atoms with Gasteiger partial charge in [0, 0.05) is 0 Å². The van der Waals surface area contributed by atoms with Crippen LogP contribution in [0.5, 0.6) is 0 Å². The Labute approximate surface area is 105 Å². The van der Waals surface area contributed by atoms with E-state index in [2.05, 4.69) is 18.0 Å². The van der Waals surface area contributed by atoms with Gasteiger partial charge in [0.25, 0.3) is 0 Å². The van der Waals surface area contributed by atoms with E-state index in [1.807, 2.05) is 12.1 Å². The molecule has 0 aliphatic carbocycles. The maximum Gasteiger partial charge on any atom is 1.00 e. The van der Waals surface area contributed by atoms with Crippen LogP contribution >= 0.6 is 0 Å². The number of aryl methyl sites for hydroxylation is 1. The molecule has 0 aromatic carbocycles. The fourth-order valence-electron chi connectivity index (χ4n) is 0.560. The van der Waals surface area contributed by atoms with Crippen LogP contribution in [0.1, 0.15) is 12.6 Å². The van der Waals surface area contributed by atoms with Gasteiger partial charge in [0.15, 0.2) is 0 Å². The van der Waals surface area contributed by atoms with Gasteiger partial charge in [-0.1, -0.05) is 13.1 Å². The van der Waals surface area contributed by atoms with Crippen molar-refractivity contribution >= 4 is 0 Å². The van der Waals surface area contributed by atoms with Gasteiger partial charge in [-0.25, -0.2) is 12.1 Å². The van der Waals surface area contributed by atoms with E-state index in [9.17, 15) is 0 Å². The van der Waals surface area contributed by atoms with Gasteiger partial charge in [0.05, 0.1) is 0 Å². The average Bonchev–Trinajstić information content (AvgIpc) is 1.90. The van der Waals surface area contributed by atoms with E-state index in [1.54, 1.807) is 6.20 Å². The van der Waals surface area contributed by atoms with Crippen LogP contribution in [-0.2, 0) is 6.42 Å². The van der Waals surface area contributed by atoms with Gasteiger partial charge >= 0.3 is 58.2 Å². The van der Waals surface area contributed by atoms with E-state index in [0.717, 1.165) is 12.1 Å². The predicted molar refractivity (Wildman–Crippen MR) is 32.5 cm³/mol. The van der Waals surface area contributed by atoms with Crippen LogP contribution in [0.25, 0.3) is 0 Å². The summed E-state index contributed by atoms with van der Waals surface area (Å²) >= 11 is 0. The van der Waals surface area contributed by atoms with Gasteiger partial charge < -0.3 is 4.98 Å². The Morgan fingerprint density at radius 3 is 2.78 bits per heavy atom. The molecule has 0 unspecified atom stereocenters. The molecule has 1 aromatic rings. The van der Waals surface area contributed by atoms with Crippen molar-refractivity contribution in [2.24, 2.45) is 0 Å². The molecule has 0 fully saturated rings. The SMILES string of the molecule is CCc1cc[c-]cn1.[Rb+]. The standard InChI is InChI=1S/C7H8N.Rb/c1-2-7-5-3-4-6-8-7;/h3,5-6H,2H2,1H3;/q-1;+1. The summed E-state index contributed by atoms with van der Waals surface area (Å²) in [6, 6.07) is 6.71. The molecule has 0 amide bonds. The van der Waals surface area contributed by atoms with Crippen molar-refractivity contribution in [1.82, 2.24) is 4.98 Å². The second kappa shape index (κ2) is 5.72. The number of hydrogen-bond donors (Lipinski definition) is 0. The number of aromatic nitrogens is 1. The topological polar surface area (TPSA) is 12.9 Å². The third-order valence-corrected chi connectivity index (χ3v) is 1.04. The van der Waals surface area contributed by atoms with E-state index in [1.165, 1.54) is 0 Å². The average molecular weight is 192 g/mol. The molecule has 2 heteroatoms. The van der Waals surface area contributed by atoms with Crippen molar-refractivity contribution in [3.8, 4) is 0 Å². The summed E-state index contributed by atoms with van der Waals surface area (Å²) in [4.78, 5) is 4.04. The van der Waals surface area contributed by atoms with E-state index < -0.39 is 0 Å². The molecule has 0 aliphatic heterocycles. The molecule has 0 atom stereocenters. The number of nitrogens with zero attached hydrogens (tertiary/aromatic N) is 1. The molecule has 0 N–H and O–H groups in total. The fraction of sp³-hybridized carbons (Fsp3) is 0.286. The Morgan fingerprint density at radius 2 is 2.44 bits per heavy atom. The van der Waals surface area contributed by atoms with Crippen LogP contribution < -0.4 is 58.2 Å². The zero-order valence-corrected chi connectivity index (χ0v) is 10.8. The molecule has 1 nitrogen and oxygen atoms in total. The summed E-state index contributed by atoms with van der Waals surface area (Å²) in [6.07, 6.45) is 2.70. The quantitative estimate of drug-likeness (QED) is 0.490. The molecule has 0 saturated carbocycles. The van der Waals surface area contributed by atoms with Gasteiger partial charge in [-0.15, -0.1) is 0 Å². The second-order valence-electron chi connectivity index (χ2n) is 1.60. The molecule has 1 aromatic heterocycles. The van der Waals surface area contributed by atoms with Crippen molar-refractivity contribution in [2.45, 2.75) is 13.3 Å². The second-order valence-corrected chi connectivity index (χ2v) is 1.60. The summed E-state index contributed by atoms with van der Waals surface area (Å²) in [5, 5.41) is 0. The van der Waals surface area contributed by atoms with Crippen LogP contribution in [0, 0.1) is 6.07 Å². The first kappa shape index (κ1) is 9.96. The monoisotopic (exact) mass is 191 g/mol. The van der Waals surface area contributed by atoms with Crippen molar-refractivity contribution in [3.05, 3.63) is 30.1 Å². The molecular formula is C7H8NRb. The van der Waals surface area contributed by atoms with Crippen molar-refractivity contribution in [1.29, 1.82) is 0 Å². The Kier molecular flexibility index (Phi) is 6.33. The molecule has 0 spiro atoms. The molecule has 1 rings (SSSR count). The van der Waals surface area contributed by atoms with Crippen LogP contribution in [0.15, 0.2) is 18.3 Å². The van der Waals surface area contributed by atoms with E-state index in [4.69, 9.17) is 0 Å². The van der Waals surface area contributed by atoms with Crippen molar-refractivity contribution in [2.75, 3.05) is 0 Å². The largest absolute Gasteiger partial charge is 1.00 e. The third kappa shape index (κ3) is 3.61. The van der Waals surface area contributed by atoms with Crippen LogP contribution in [0.2, 0.25) is 0 Å². The molecule has 42 valence electrons. The van der Waals surface area contributed by atoms with Gasteiger partial charge in [-0.05, 0) is 12.1 Å². The number of pyridine rings is 1. The van der Waals surface area contributed by atoms with Crippen molar-refractivity contribution in [3.63, 3.8) is 0 Å². The summed E-state index contributed by atoms with van der Waals surface area (Å²) in [5.74, 6) is 0. The van der Waals surface area contributed by atoms with Crippen LogP contribution in [0.4, 0.5) is 0 Å². The Balaban J connectivity index is 0.000000640. The van der Waals surface area contributed by atoms with E-state index >= 15 is 0 Å². The number of rotatable bonds is 1. The summed E-state index contributed by atoms with van der Waals surface area (Å²) in [5.41, 5.74) is 1.13. The summed E-state index contributed by atoms with van der Waals surface area (Å²) in [7, 11) is 0. The fourth-order valence-corrected chi connectivity index (χ4v) is 0.560.